The number of nitrogens with one attached hydrogen (secondary N) is 2. The summed E-state index contributed by atoms with van der Waals surface area (Å²) in [6.07, 6.45) is -1.87. The van der Waals surface area contributed by atoms with E-state index in [9.17, 15) is 18.0 Å². The van der Waals surface area contributed by atoms with Gasteiger partial charge in [-0.3, -0.25) is 5.32 Å². The van der Waals surface area contributed by atoms with E-state index in [1.165, 1.54) is 0 Å². The Morgan fingerprint density at radius 2 is 2.29 bits per heavy atom. The minimum Gasteiger partial charge on any atom is -0.392 e. The molecule has 2 aromatic rings. The number of hydrogen-bond donors (Lipinski definition) is 3. The first-order valence-electron chi connectivity index (χ1n) is 6.00. The molecule has 0 aromatic carbocycles. The molecule has 2 amide bonds. The number of urea groups is 1. The quantitative estimate of drug-likeness (QED) is 0.756. The second-order valence-corrected chi connectivity index (χ2v) is 4.50. The van der Waals surface area contributed by atoms with E-state index >= 15 is 0 Å². The Bertz CT molecular complexity index is 698. The van der Waals surface area contributed by atoms with Gasteiger partial charge in [0.2, 0.25) is 5.95 Å². The van der Waals surface area contributed by atoms with Gasteiger partial charge in [0.1, 0.15) is 10.7 Å². The highest BCUT2D eigenvalue weighted by Gasteiger charge is 2.14. The summed E-state index contributed by atoms with van der Waals surface area (Å²) < 4.78 is 48.8. The molecule has 2 rings (SSSR count). The number of pyridine rings is 1. The first kappa shape index (κ1) is 13.8. The Morgan fingerprint density at radius 1 is 1.52 bits per heavy atom. The molecule has 0 saturated heterocycles. The Kier molecular flexibility index (Phi) is 4.26. The number of carbonyl (C=O) groups is 1. The lowest BCUT2D eigenvalue weighted by Gasteiger charge is -2.09. The van der Waals surface area contributed by atoms with Gasteiger partial charge in [-0.25, -0.2) is 18.6 Å². The van der Waals surface area contributed by atoms with Crippen LogP contribution in [0.5, 0.6) is 0 Å². The zero-order chi connectivity index (χ0) is 16.3. The number of amides is 2. The number of nitrogens with zero attached hydrogens (tertiary/aromatic N) is 2. The van der Waals surface area contributed by atoms with Crippen LogP contribution in [0.4, 0.5) is 28.7 Å². The number of hydrogen-bond acceptors (Lipinski definition) is 5. The smallest absolute Gasteiger partial charge is 0.324 e. The number of halogens is 3. The summed E-state index contributed by atoms with van der Waals surface area (Å²) in [5.74, 6) is -0.869. The van der Waals surface area contributed by atoms with E-state index in [1.807, 2.05) is 0 Å². The molecule has 3 N–H and O–H groups in total. The van der Waals surface area contributed by atoms with Crippen LogP contribution in [0.3, 0.4) is 0 Å². The summed E-state index contributed by atoms with van der Waals surface area (Å²) in [6.45, 7) is -0.483. The summed E-state index contributed by atoms with van der Waals surface area (Å²) in [7, 11) is 0. The van der Waals surface area contributed by atoms with Crippen molar-refractivity contribution in [1.29, 1.82) is 0 Å². The molecule has 0 fully saturated rings. The first-order chi connectivity index (χ1) is 10.4. The second-order valence-electron chi connectivity index (χ2n) is 3.72. The maximum atomic E-state index is 13.0. The van der Waals surface area contributed by atoms with Gasteiger partial charge in [-0.05, 0) is 11.5 Å². The standard InChI is InChI=1S/C11H9F3N4O2S/c12-8-1-6(5(4-19)3-15-8)16-11(20)17-9-2-7(10(13)14)18-21-9/h1-3,10,19H,4H2,(H2,15,16,17,20)/i2D. The zero-order valence-electron chi connectivity index (χ0n) is 11.2. The van der Waals surface area contributed by atoms with Crippen LogP contribution in [0.15, 0.2) is 18.3 Å². The van der Waals surface area contributed by atoms with Crippen LogP contribution >= 0.6 is 11.5 Å². The number of carbonyl (C=O) groups excluding carboxylic acids is 1. The van der Waals surface area contributed by atoms with Crippen LogP contribution < -0.4 is 10.6 Å². The Hall–Kier alpha value is -2.20. The van der Waals surface area contributed by atoms with E-state index in [-0.39, 0.29) is 16.3 Å². The third-order valence-corrected chi connectivity index (χ3v) is 2.96. The number of aliphatic hydroxyl groups is 1. The van der Waals surface area contributed by atoms with Gasteiger partial charge in [0.25, 0.3) is 6.43 Å². The first-order valence-corrected chi connectivity index (χ1v) is 6.27. The second kappa shape index (κ2) is 6.50. The van der Waals surface area contributed by atoms with Crippen molar-refractivity contribution in [2.75, 3.05) is 10.6 Å². The average Bonchev–Trinajstić information content (AvgIpc) is 2.80. The molecule has 2 aromatic heterocycles. The van der Waals surface area contributed by atoms with E-state index in [1.54, 1.807) is 0 Å². The van der Waals surface area contributed by atoms with Gasteiger partial charge >= 0.3 is 6.03 Å². The molecule has 112 valence electrons. The molecule has 0 spiro atoms. The topological polar surface area (TPSA) is 87.1 Å². The van der Waals surface area contributed by atoms with Gasteiger partial charge in [-0.15, -0.1) is 0 Å². The SMILES string of the molecule is [2H]c1c(C(F)F)nsc1NC(=O)Nc1cc(F)ncc1CO. The fraction of sp³-hybridized carbons (Fsp3) is 0.182. The molecule has 0 bridgehead atoms. The van der Waals surface area contributed by atoms with Crippen molar-refractivity contribution >= 4 is 28.3 Å². The van der Waals surface area contributed by atoms with Gasteiger partial charge in [-0.1, -0.05) is 0 Å². The number of anilines is 2. The molecule has 6 nitrogen and oxygen atoms in total. The van der Waals surface area contributed by atoms with Crippen molar-refractivity contribution in [1.82, 2.24) is 9.36 Å². The molecule has 10 heteroatoms. The minimum absolute atomic E-state index is 0.0300. The third-order valence-electron chi connectivity index (χ3n) is 2.28. The minimum atomic E-state index is -2.92. The van der Waals surface area contributed by atoms with Gasteiger partial charge < -0.3 is 10.4 Å². The van der Waals surface area contributed by atoms with Gasteiger partial charge in [0.15, 0.2) is 0 Å². The van der Waals surface area contributed by atoms with Crippen LogP contribution in [0.2, 0.25) is 0 Å². The molecular formula is C11H9F3N4O2S. The fourth-order valence-corrected chi connectivity index (χ4v) is 1.97. The van der Waals surface area contributed by atoms with E-state index in [4.69, 9.17) is 6.48 Å². The van der Waals surface area contributed by atoms with Crippen LogP contribution in [-0.4, -0.2) is 20.5 Å². The predicted octanol–water partition coefficient (Wildman–Crippen LogP) is 2.75. The van der Waals surface area contributed by atoms with E-state index < -0.39 is 36.7 Å². The van der Waals surface area contributed by atoms with Crippen molar-refractivity contribution in [2.24, 2.45) is 0 Å². The lowest BCUT2D eigenvalue weighted by Crippen LogP contribution is -2.20. The average molecular weight is 319 g/mol. The van der Waals surface area contributed by atoms with Gasteiger partial charge in [0, 0.05) is 23.9 Å². The van der Waals surface area contributed by atoms with Crippen LogP contribution in [0, 0.1) is 5.95 Å². The molecule has 0 aliphatic heterocycles. The number of rotatable bonds is 4. The lowest BCUT2D eigenvalue weighted by atomic mass is 10.2. The van der Waals surface area contributed by atoms with E-state index in [2.05, 4.69) is 20.0 Å². The molecule has 0 aliphatic rings. The Labute approximate surface area is 122 Å². The van der Waals surface area contributed by atoms with Crippen LogP contribution in [-0.2, 0) is 6.61 Å². The molecule has 0 radical (unpaired) electrons. The Morgan fingerprint density at radius 3 is 2.90 bits per heavy atom. The monoisotopic (exact) mass is 319 g/mol. The largest absolute Gasteiger partial charge is 0.392 e. The molecule has 0 atom stereocenters. The number of aliphatic hydroxyl groups excluding tert-OH is 1. The van der Waals surface area contributed by atoms with Crippen molar-refractivity contribution < 1.29 is 24.4 Å². The third kappa shape index (κ3) is 3.89. The molecule has 0 saturated carbocycles. The maximum Gasteiger partial charge on any atom is 0.324 e. The summed E-state index contributed by atoms with van der Waals surface area (Å²) in [4.78, 5) is 15.1. The van der Waals surface area contributed by atoms with Crippen molar-refractivity contribution in [3.63, 3.8) is 0 Å². The fourth-order valence-electron chi connectivity index (χ4n) is 1.36. The van der Waals surface area contributed by atoms with Crippen molar-refractivity contribution in [3.05, 3.63) is 35.5 Å². The zero-order valence-corrected chi connectivity index (χ0v) is 11.0. The van der Waals surface area contributed by atoms with E-state index in [0.717, 1.165) is 12.3 Å². The molecule has 21 heavy (non-hydrogen) atoms. The predicted molar refractivity (Wildman–Crippen MR) is 69.8 cm³/mol. The van der Waals surface area contributed by atoms with Gasteiger partial charge in [0.05, 0.1) is 13.7 Å². The van der Waals surface area contributed by atoms with Gasteiger partial charge in [-0.2, -0.15) is 8.76 Å². The summed E-state index contributed by atoms with van der Waals surface area (Å²) in [5, 5.41) is 13.3. The highest BCUT2D eigenvalue weighted by Crippen LogP contribution is 2.24. The normalized spacial score (nSPS) is 11.4. The Balaban J connectivity index is 2.12. The lowest BCUT2D eigenvalue weighted by molar-refractivity contribution is 0.147. The van der Waals surface area contributed by atoms with E-state index in [0.29, 0.717) is 11.5 Å². The summed E-state index contributed by atoms with van der Waals surface area (Å²) in [5.41, 5.74) is -0.593. The maximum absolute atomic E-state index is 13.0. The molecule has 2 heterocycles. The number of aromatic nitrogens is 2. The van der Waals surface area contributed by atoms with Crippen molar-refractivity contribution in [2.45, 2.75) is 13.0 Å². The number of alkyl halides is 2. The highest BCUT2D eigenvalue weighted by atomic mass is 32.1. The molecule has 0 aliphatic carbocycles. The van der Waals surface area contributed by atoms with Crippen LogP contribution in [0.25, 0.3) is 0 Å². The molecule has 0 unspecified atom stereocenters. The molecular weight excluding hydrogens is 309 g/mol. The van der Waals surface area contributed by atoms with Crippen LogP contribution in [0.1, 0.15) is 19.1 Å². The summed E-state index contributed by atoms with van der Waals surface area (Å²) in [6, 6.07) is -0.582. The van der Waals surface area contributed by atoms with Crippen molar-refractivity contribution in [3.8, 4) is 0 Å². The highest BCUT2D eigenvalue weighted by molar-refractivity contribution is 7.10. The summed E-state index contributed by atoms with van der Waals surface area (Å²) >= 11 is 0.531.